The molecule has 0 aliphatic rings. The molecule has 0 spiro atoms. The first-order chi connectivity index (χ1) is 1.91. The van der Waals surface area contributed by atoms with Crippen molar-refractivity contribution < 1.29 is 18.9 Å². The molecule has 0 aliphatic carbocycles. The van der Waals surface area contributed by atoms with E-state index in [1.807, 2.05) is 0 Å². The third kappa shape index (κ3) is 13.0. The molecule has 0 amide bonds. The molecule has 0 saturated carbocycles. The van der Waals surface area contributed by atoms with Crippen molar-refractivity contribution in [2.24, 2.45) is 0 Å². The van der Waals surface area contributed by atoms with Gasteiger partial charge in [-0.05, 0) is 6.92 Å². The first-order valence-corrected chi connectivity index (χ1v) is 1.36. The van der Waals surface area contributed by atoms with Crippen molar-refractivity contribution in [1.29, 1.82) is 0 Å². The maximum Gasteiger partial charge on any atom is 1.00 e. The molecular formula is C3H3LiS. The van der Waals surface area contributed by atoms with Crippen molar-refractivity contribution in [3.63, 3.8) is 0 Å². The summed E-state index contributed by atoms with van der Waals surface area (Å²) in [7, 11) is 0. The Morgan fingerprint density at radius 2 is 1.80 bits per heavy atom. The fourth-order valence-electron chi connectivity index (χ4n) is 0. The Morgan fingerprint density at radius 3 is 1.80 bits per heavy atom. The van der Waals surface area contributed by atoms with E-state index in [9.17, 15) is 0 Å². The summed E-state index contributed by atoms with van der Waals surface area (Å²) in [5, 5.41) is 2.26. The fraction of sp³-hybridized carbons (Fsp3) is 0.333. The number of hydrogen-bond acceptors (Lipinski definition) is 1. The molecule has 0 radical (unpaired) electrons. The van der Waals surface area contributed by atoms with Gasteiger partial charge in [-0.2, -0.15) is 0 Å². The van der Waals surface area contributed by atoms with E-state index in [0.717, 1.165) is 0 Å². The molecule has 0 aromatic rings. The molecular weight excluding hydrogens is 75.0 g/mol. The average molecular weight is 78.1 g/mol. The van der Waals surface area contributed by atoms with E-state index >= 15 is 0 Å². The summed E-state index contributed by atoms with van der Waals surface area (Å²) in [5.74, 6) is 2.50. The van der Waals surface area contributed by atoms with Gasteiger partial charge in [0.15, 0.2) is 0 Å². The third-order valence-electron chi connectivity index (χ3n) is 0.102. The molecule has 0 heterocycles. The van der Waals surface area contributed by atoms with Crippen molar-refractivity contribution >= 4 is 12.6 Å². The third-order valence-corrected chi connectivity index (χ3v) is 0.306. The van der Waals surface area contributed by atoms with Gasteiger partial charge in [-0.25, -0.2) is 5.25 Å². The van der Waals surface area contributed by atoms with Crippen molar-refractivity contribution in [3.8, 4) is 11.2 Å². The van der Waals surface area contributed by atoms with Gasteiger partial charge in [-0.15, -0.1) is 5.92 Å². The van der Waals surface area contributed by atoms with Crippen LogP contribution in [0.2, 0.25) is 0 Å². The second-order valence-corrected chi connectivity index (χ2v) is 0.556. The molecule has 0 rings (SSSR count). The zero-order chi connectivity index (χ0) is 3.41. The van der Waals surface area contributed by atoms with Gasteiger partial charge >= 0.3 is 18.9 Å². The van der Waals surface area contributed by atoms with Crippen LogP contribution in [0.4, 0.5) is 0 Å². The Kier molecular flexibility index (Phi) is 16.0. The van der Waals surface area contributed by atoms with Crippen molar-refractivity contribution in [1.82, 2.24) is 0 Å². The van der Waals surface area contributed by atoms with E-state index in [1.165, 1.54) is 0 Å². The van der Waals surface area contributed by atoms with Crippen LogP contribution in [-0.4, -0.2) is 0 Å². The van der Waals surface area contributed by atoms with Crippen LogP contribution in [0.5, 0.6) is 0 Å². The summed E-state index contributed by atoms with van der Waals surface area (Å²) in [4.78, 5) is 0. The Hall–Kier alpha value is 0.377. The normalized spacial score (nSPS) is 2.60. The molecule has 0 saturated heterocycles. The van der Waals surface area contributed by atoms with Gasteiger partial charge in [0, 0.05) is 0 Å². The first kappa shape index (κ1) is 9.03. The Balaban J connectivity index is 0. The van der Waals surface area contributed by atoms with Crippen LogP contribution in [0.15, 0.2) is 0 Å². The molecule has 0 atom stereocenters. The summed E-state index contributed by atoms with van der Waals surface area (Å²) < 4.78 is 0. The van der Waals surface area contributed by atoms with Crippen molar-refractivity contribution in [3.05, 3.63) is 0 Å². The first-order valence-electron chi connectivity index (χ1n) is 0.954. The van der Waals surface area contributed by atoms with Crippen LogP contribution < -0.4 is 18.9 Å². The van der Waals surface area contributed by atoms with Gasteiger partial charge in [-0.1, -0.05) is 0 Å². The van der Waals surface area contributed by atoms with E-state index in [0.29, 0.717) is 0 Å². The second kappa shape index (κ2) is 8.83. The predicted molar refractivity (Wildman–Crippen MR) is 20.8 cm³/mol. The molecule has 0 fully saturated rings. The Bertz CT molecular complexity index is 43.6. The van der Waals surface area contributed by atoms with Gasteiger partial charge < -0.3 is 12.6 Å². The number of hydrogen-bond donors (Lipinski definition) is 0. The van der Waals surface area contributed by atoms with Crippen molar-refractivity contribution in [2.45, 2.75) is 6.92 Å². The standard InChI is InChI=1S/C3H4S.Li/c1-2-3-4;/h4H,1H3;/q;+1/p-1. The molecule has 0 aromatic heterocycles. The molecule has 2 heteroatoms. The van der Waals surface area contributed by atoms with Gasteiger partial charge in [0.25, 0.3) is 0 Å². The molecule has 0 bridgehead atoms. The topological polar surface area (TPSA) is 0 Å². The molecule has 0 aliphatic heterocycles. The van der Waals surface area contributed by atoms with E-state index in [4.69, 9.17) is 0 Å². The van der Waals surface area contributed by atoms with Crippen LogP contribution in [0.25, 0.3) is 0 Å². The average Bonchev–Trinajstić information content (AvgIpc) is 1.37. The quantitative estimate of drug-likeness (QED) is 0.176. The Morgan fingerprint density at radius 1 is 1.60 bits per heavy atom. The maximum atomic E-state index is 4.19. The summed E-state index contributed by atoms with van der Waals surface area (Å²) in [5.41, 5.74) is 0. The molecule has 0 nitrogen and oxygen atoms in total. The zero-order valence-electron chi connectivity index (χ0n) is 3.41. The van der Waals surface area contributed by atoms with Crippen molar-refractivity contribution in [2.75, 3.05) is 0 Å². The van der Waals surface area contributed by atoms with Gasteiger partial charge in [0.05, 0.1) is 0 Å². The number of rotatable bonds is 0. The summed E-state index contributed by atoms with van der Waals surface area (Å²) in [6, 6.07) is 0. The minimum Gasteiger partial charge on any atom is -0.725 e. The summed E-state index contributed by atoms with van der Waals surface area (Å²) in [6.45, 7) is 1.72. The fourth-order valence-corrected chi connectivity index (χ4v) is 0. The van der Waals surface area contributed by atoms with E-state index < -0.39 is 0 Å². The van der Waals surface area contributed by atoms with Gasteiger partial charge in [0.2, 0.25) is 0 Å². The second-order valence-electron chi connectivity index (χ2n) is 0.352. The molecule has 5 heavy (non-hydrogen) atoms. The molecule has 0 unspecified atom stereocenters. The zero-order valence-corrected chi connectivity index (χ0v) is 4.22. The van der Waals surface area contributed by atoms with Crippen LogP contribution in [0, 0.1) is 11.2 Å². The van der Waals surface area contributed by atoms with Gasteiger partial charge in [-0.3, -0.25) is 0 Å². The van der Waals surface area contributed by atoms with E-state index in [2.05, 4.69) is 23.8 Å². The minimum atomic E-state index is 0. The predicted octanol–water partition coefficient (Wildman–Crippen LogP) is -2.48. The minimum absolute atomic E-state index is 0. The van der Waals surface area contributed by atoms with Gasteiger partial charge in [0.1, 0.15) is 0 Å². The van der Waals surface area contributed by atoms with E-state index in [-0.39, 0.29) is 18.9 Å². The smallest absolute Gasteiger partial charge is 0.725 e. The van der Waals surface area contributed by atoms with Crippen LogP contribution in [0.3, 0.4) is 0 Å². The van der Waals surface area contributed by atoms with Crippen LogP contribution in [-0.2, 0) is 12.6 Å². The maximum absolute atomic E-state index is 4.19. The van der Waals surface area contributed by atoms with E-state index in [1.54, 1.807) is 6.92 Å². The summed E-state index contributed by atoms with van der Waals surface area (Å²) >= 11 is 4.19. The van der Waals surface area contributed by atoms with Crippen LogP contribution >= 0.6 is 0 Å². The summed E-state index contributed by atoms with van der Waals surface area (Å²) in [6.07, 6.45) is 0. The van der Waals surface area contributed by atoms with Crippen LogP contribution in [0.1, 0.15) is 6.92 Å². The molecule has 0 N–H and O–H groups in total. The largest absolute Gasteiger partial charge is 1.00 e. The SMILES string of the molecule is CC#C[S-].[Li+]. The molecule has 22 valence electrons. The monoisotopic (exact) mass is 78.0 g/mol. The Labute approximate surface area is 49.9 Å². The molecule has 0 aromatic carbocycles.